The lowest BCUT2D eigenvalue weighted by molar-refractivity contribution is 0.142. The van der Waals surface area contributed by atoms with E-state index in [2.05, 4.69) is 69.0 Å². The molecule has 2 aromatic rings. The Bertz CT molecular complexity index is 606. The minimum absolute atomic E-state index is 0.541. The predicted octanol–water partition coefficient (Wildman–Crippen LogP) is 5.35. The van der Waals surface area contributed by atoms with Gasteiger partial charge in [0.1, 0.15) is 12.4 Å². The van der Waals surface area contributed by atoms with E-state index in [9.17, 15) is 0 Å². The standard InChI is InChI=1S/C22H29NO/c1-18(2)23(19(3)4)16-17-24-22-14-12-21(13-15-22)11-10-20-8-6-5-7-9-20/h5-15,18-19H,16-17H2,1-4H3. The number of hydrogen-bond acceptors (Lipinski definition) is 2. The van der Waals surface area contributed by atoms with Crippen LogP contribution in [0.1, 0.15) is 38.8 Å². The van der Waals surface area contributed by atoms with Crippen molar-refractivity contribution in [1.29, 1.82) is 0 Å². The fourth-order valence-electron chi connectivity index (χ4n) is 2.81. The number of nitrogens with zero attached hydrogens (tertiary/aromatic N) is 1. The van der Waals surface area contributed by atoms with Crippen molar-refractivity contribution in [3.05, 3.63) is 65.7 Å². The molecule has 2 aromatic carbocycles. The average molecular weight is 323 g/mol. The summed E-state index contributed by atoms with van der Waals surface area (Å²) in [5.41, 5.74) is 2.39. The summed E-state index contributed by atoms with van der Waals surface area (Å²) in [5.74, 6) is 0.930. The third-order valence-corrected chi connectivity index (χ3v) is 4.09. The molecule has 2 nitrogen and oxygen atoms in total. The first kappa shape index (κ1) is 18.3. The summed E-state index contributed by atoms with van der Waals surface area (Å²) < 4.78 is 5.89. The molecular weight excluding hydrogens is 294 g/mol. The van der Waals surface area contributed by atoms with E-state index in [1.807, 2.05) is 30.3 Å². The van der Waals surface area contributed by atoms with Gasteiger partial charge in [0.05, 0.1) is 0 Å². The van der Waals surface area contributed by atoms with Gasteiger partial charge in [0.2, 0.25) is 0 Å². The van der Waals surface area contributed by atoms with Crippen LogP contribution in [-0.4, -0.2) is 30.1 Å². The molecule has 24 heavy (non-hydrogen) atoms. The molecule has 0 spiro atoms. The highest BCUT2D eigenvalue weighted by atomic mass is 16.5. The van der Waals surface area contributed by atoms with Crippen molar-refractivity contribution >= 4 is 12.2 Å². The first-order valence-corrected chi connectivity index (χ1v) is 8.78. The van der Waals surface area contributed by atoms with Crippen LogP contribution in [0.3, 0.4) is 0 Å². The first-order valence-electron chi connectivity index (χ1n) is 8.78. The molecule has 0 amide bonds. The van der Waals surface area contributed by atoms with Crippen LogP contribution >= 0.6 is 0 Å². The van der Waals surface area contributed by atoms with Crippen LogP contribution in [0.5, 0.6) is 5.75 Å². The van der Waals surface area contributed by atoms with Gasteiger partial charge in [-0.3, -0.25) is 4.90 Å². The van der Waals surface area contributed by atoms with Crippen LogP contribution in [0, 0.1) is 0 Å². The van der Waals surface area contributed by atoms with E-state index in [-0.39, 0.29) is 0 Å². The maximum atomic E-state index is 5.89. The number of hydrogen-bond donors (Lipinski definition) is 0. The maximum absolute atomic E-state index is 5.89. The Hall–Kier alpha value is -2.06. The summed E-state index contributed by atoms with van der Waals surface area (Å²) in [4.78, 5) is 2.44. The molecule has 2 heteroatoms. The summed E-state index contributed by atoms with van der Waals surface area (Å²) in [5, 5.41) is 0. The Labute approximate surface area is 146 Å². The van der Waals surface area contributed by atoms with Crippen LogP contribution in [0.2, 0.25) is 0 Å². The van der Waals surface area contributed by atoms with E-state index in [4.69, 9.17) is 4.74 Å². The molecule has 0 aliphatic carbocycles. The molecule has 0 saturated heterocycles. The topological polar surface area (TPSA) is 12.5 Å². The Morgan fingerprint density at radius 2 is 1.33 bits per heavy atom. The van der Waals surface area contributed by atoms with Gasteiger partial charge >= 0.3 is 0 Å². The second-order valence-electron chi connectivity index (χ2n) is 6.59. The highest BCUT2D eigenvalue weighted by Gasteiger charge is 2.12. The normalized spacial score (nSPS) is 11.8. The van der Waals surface area contributed by atoms with Crippen molar-refractivity contribution in [2.24, 2.45) is 0 Å². The molecule has 0 aliphatic heterocycles. The molecule has 0 aliphatic rings. The van der Waals surface area contributed by atoms with Gasteiger partial charge in [-0.25, -0.2) is 0 Å². The summed E-state index contributed by atoms with van der Waals surface area (Å²) in [7, 11) is 0. The van der Waals surface area contributed by atoms with Gasteiger partial charge < -0.3 is 4.74 Å². The van der Waals surface area contributed by atoms with E-state index in [0.29, 0.717) is 12.1 Å². The zero-order valence-electron chi connectivity index (χ0n) is 15.3. The number of ether oxygens (including phenoxy) is 1. The highest BCUT2D eigenvalue weighted by molar-refractivity contribution is 5.69. The van der Waals surface area contributed by atoms with E-state index >= 15 is 0 Å². The van der Waals surface area contributed by atoms with E-state index in [0.717, 1.165) is 18.9 Å². The van der Waals surface area contributed by atoms with Gasteiger partial charge in [0.15, 0.2) is 0 Å². The lowest BCUT2D eigenvalue weighted by atomic mass is 10.1. The van der Waals surface area contributed by atoms with Gasteiger partial charge in [-0.05, 0) is 51.0 Å². The minimum Gasteiger partial charge on any atom is -0.492 e. The quantitative estimate of drug-likeness (QED) is 0.607. The van der Waals surface area contributed by atoms with Crippen molar-refractivity contribution in [3.8, 4) is 5.75 Å². The van der Waals surface area contributed by atoms with Crippen molar-refractivity contribution in [3.63, 3.8) is 0 Å². The summed E-state index contributed by atoms with van der Waals surface area (Å²) in [6, 6.07) is 19.7. The monoisotopic (exact) mass is 323 g/mol. The Morgan fingerprint density at radius 1 is 0.792 bits per heavy atom. The molecule has 2 rings (SSSR count). The van der Waals surface area contributed by atoms with Gasteiger partial charge in [0.25, 0.3) is 0 Å². The third kappa shape index (κ3) is 5.86. The van der Waals surface area contributed by atoms with Gasteiger partial charge in [0, 0.05) is 18.6 Å². The lowest BCUT2D eigenvalue weighted by Gasteiger charge is -2.30. The number of rotatable bonds is 8. The lowest BCUT2D eigenvalue weighted by Crippen LogP contribution is -2.39. The summed E-state index contributed by atoms with van der Waals surface area (Å²) in [6.07, 6.45) is 4.25. The fraction of sp³-hybridized carbons (Fsp3) is 0.364. The molecular formula is C22H29NO. The van der Waals surface area contributed by atoms with Crippen molar-refractivity contribution < 1.29 is 4.74 Å². The van der Waals surface area contributed by atoms with Crippen LogP contribution < -0.4 is 4.74 Å². The maximum Gasteiger partial charge on any atom is 0.119 e. The molecule has 0 atom stereocenters. The molecule has 0 bridgehead atoms. The Kier molecular flexibility index (Phi) is 7.07. The van der Waals surface area contributed by atoms with Crippen LogP contribution in [0.25, 0.3) is 12.2 Å². The predicted molar refractivity (Wildman–Crippen MR) is 104 cm³/mol. The van der Waals surface area contributed by atoms with Gasteiger partial charge in [-0.1, -0.05) is 54.6 Å². The number of benzene rings is 2. The summed E-state index contributed by atoms with van der Waals surface area (Å²) >= 11 is 0. The van der Waals surface area contributed by atoms with Crippen molar-refractivity contribution in [1.82, 2.24) is 4.90 Å². The minimum atomic E-state index is 0.541. The van der Waals surface area contributed by atoms with Crippen molar-refractivity contribution in [2.75, 3.05) is 13.2 Å². The second kappa shape index (κ2) is 9.29. The molecule has 0 heterocycles. The molecule has 0 radical (unpaired) electrons. The zero-order valence-corrected chi connectivity index (χ0v) is 15.3. The summed E-state index contributed by atoms with van der Waals surface area (Å²) in [6.45, 7) is 10.6. The zero-order chi connectivity index (χ0) is 17.4. The molecule has 0 unspecified atom stereocenters. The molecule has 0 N–H and O–H groups in total. The van der Waals surface area contributed by atoms with E-state index in [1.54, 1.807) is 0 Å². The third-order valence-electron chi connectivity index (χ3n) is 4.09. The van der Waals surface area contributed by atoms with Crippen molar-refractivity contribution in [2.45, 2.75) is 39.8 Å². The van der Waals surface area contributed by atoms with Gasteiger partial charge in [-0.15, -0.1) is 0 Å². The first-order chi connectivity index (χ1) is 11.6. The Balaban J connectivity index is 1.85. The van der Waals surface area contributed by atoms with E-state index < -0.39 is 0 Å². The smallest absolute Gasteiger partial charge is 0.119 e. The molecule has 0 aromatic heterocycles. The Morgan fingerprint density at radius 3 is 1.88 bits per heavy atom. The van der Waals surface area contributed by atoms with E-state index in [1.165, 1.54) is 11.1 Å². The van der Waals surface area contributed by atoms with Crippen LogP contribution in [0.4, 0.5) is 0 Å². The molecule has 128 valence electrons. The SMILES string of the molecule is CC(C)N(CCOc1ccc(C=Cc2ccccc2)cc1)C(C)C. The largest absolute Gasteiger partial charge is 0.492 e. The van der Waals surface area contributed by atoms with Crippen LogP contribution in [-0.2, 0) is 0 Å². The average Bonchev–Trinajstić information content (AvgIpc) is 2.58. The fourth-order valence-corrected chi connectivity index (χ4v) is 2.81. The van der Waals surface area contributed by atoms with Gasteiger partial charge in [-0.2, -0.15) is 0 Å². The van der Waals surface area contributed by atoms with Crippen LogP contribution in [0.15, 0.2) is 54.6 Å². The highest BCUT2D eigenvalue weighted by Crippen LogP contribution is 2.15. The molecule has 0 saturated carbocycles. The molecule has 0 fully saturated rings. The second-order valence-corrected chi connectivity index (χ2v) is 6.59.